The zero-order chi connectivity index (χ0) is 18.8. The lowest BCUT2D eigenvalue weighted by Gasteiger charge is -2.29. The largest absolute Gasteiger partial charge is 0.340 e. The summed E-state index contributed by atoms with van der Waals surface area (Å²) in [5.41, 5.74) is 1.16. The number of rotatable bonds is 3. The summed E-state index contributed by atoms with van der Waals surface area (Å²) in [6, 6.07) is 8.54. The second kappa shape index (κ2) is 8.01. The molecule has 2 saturated heterocycles. The number of likely N-dealkylation sites (tertiary alicyclic amines) is 2. The van der Waals surface area contributed by atoms with Crippen LogP contribution in [0.3, 0.4) is 0 Å². The Kier molecular flexibility index (Phi) is 5.48. The van der Waals surface area contributed by atoms with Crippen LogP contribution < -0.4 is 0 Å². The van der Waals surface area contributed by atoms with Gasteiger partial charge in [0.05, 0.1) is 4.88 Å². The van der Waals surface area contributed by atoms with Gasteiger partial charge in [-0.25, -0.2) is 0 Å². The third kappa shape index (κ3) is 3.75. The SMILES string of the molecule is CC(=O)N1CCCCC[C@H]1Cc1c(C(=O)N2CCCC2)sc2ccccc12. The van der Waals surface area contributed by atoms with Gasteiger partial charge in [0.15, 0.2) is 0 Å². The van der Waals surface area contributed by atoms with Crippen LogP contribution in [-0.4, -0.2) is 47.3 Å². The highest BCUT2D eigenvalue weighted by Gasteiger charge is 2.29. The van der Waals surface area contributed by atoms with Crippen molar-refractivity contribution in [3.63, 3.8) is 0 Å². The summed E-state index contributed by atoms with van der Waals surface area (Å²) in [5, 5.41) is 1.19. The van der Waals surface area contributed by atoms with E-state index in [-0.39, 0.29) is 17.9 Å². The molecule has 3 heterocycles. The standard InChI is InChI=1S/C22H28N2O2S/c1-16(25)24-14-6-2-3-9-17(24)15-19-18-10-4-5-11-20(18)27-21(19)22(26)23-12-7-8-13-23/h4-5,10-11,17H,2-3,6-9,12-15H2,1H3/t17-/m0/s1. The molecule has 2 fully saturated rings. The molecule has 2 aliphatic heterocycles. The fraction of sp³-hybridized carbons (Fsp3) is 0.545. The Morgan fingerprint density at radius 3 is 2.56 bits per heavy atom. The third-order valence-corrected chi connectivity index (χ3v) is 7.21. The number of nitrogens with zero attached hydrogens (tertiary/aromatic N) is 2. The van der Waals surface area contributed by atoms with Gasteiger partial charge in [0.2, 0.25) is 5.91 Å². The van der Waals surface area contributed by atoms with Gasteiger partial charge in [-0.15, -0.1) is 11.3 Å². The van der Waals surface area contributed by atoms with Gasteiger partial charge in [-0.05, 0) is 49.1 Å². The summed E-state index contributed by atoms with van der Waals surface area (Å²) in [6.07, 6.45) is 7.45. The lowest BCUT2D eigenvalue weighted by atomic mass is 9.97. The van der Waals surface area contributed by atoms with E-state index in [1.54, 1.807) is 18.3 Å². The summed E-state index contributed by atoms with van der Waals surface area (Å²) in [5.74, 6) is 0.348. The van der Waals surface area contributed by atoms with Gasteiger partial charge < -0.3 is 9.80 Å². The molecule has 5 heteroatoms. The van der Waals surface area contributed by atoms with Crippen molar-refractivity contribution in [3.05, 3.63) is 34.7 Å². The van der Waals surface area contributed by atoms with Crippen LogP contribution >= 0.6 is 11.3 Å². The second-order valence-corrected chi connectivity index (χ2v) is 8.88. The summed E-state index contributed by atoms with van der Waals surface area (Å²) in [4.78, 5) is 30.4. The number of hydrogen-bond acceptors (Lipinski definition) is 3. The first-order valence-electron chi connectivity index (χ1n) is 10.2. The summed E-state index contributed by atoms with van der Waals surface area (Å²) in [7, 11) is 0. The van der Waals surface area contributed by atoms with Crippen LogP contribution in [0.2, 0.25) is 0 Å². The number of hydrogen-bond donors (Lipinski definition) is 0. The lowest BCUT2D eigenvalue weighted by molar-refractivity contribution is -0.131. The van der Waals surface area contributed by atoms with Gasteiger partial charge in [0.25, 0.3) is 5.91 Å². The van der Waals surface area contributed by atoms with Gasteiger partial charge in [-0.1, -0.05) is 31.0 Å². The molecular formula is C22H28N2O2S. The average Bonchev–Trinajstić information content (AvgIpc) is 3.25. The first-order chi connectivity index (χ1) is 13.1. The Bertz CT molecular complexity index is 838. The van der Waals surface area contributed by atoms with E-state index in [2.05, 4.69) is 18.2 Å². The quantitative estimate of drug-likeness (QED) is 0.783. The van der Waals surface area contributed by atoms with Crippen LogP contribution in [0.1, 0.15) is 60.7 Å². The van der Waals surface area contributed by atoms with Crippen molar-refractivity contribution in [2.45, 2.75) is 57.9 Å². The van der Waals surface area contributed by atoms with E-state index in [0.29, 0.717) is 0 Å². The average molecular weight is 385 g/mol. The minimum atomic E-state index is 0.161. The minimum Gasteiger partial charge on any atom is -0.340 e. The van der Waals surface area contributed by atoms with Crippen LogP contribution in [0.25, 0.3) is 10.1 Å². The molecule has 0 spiro atoms. The van der Waals surface area contributed by atoms with Gasteiger partial charge >= 0.3 is 0 Å². The monoisotopic (exact) mass is 384 g/mol. The molecule has 0 aliphatic carbocycles. The highest BCUT2D eigenvalue weighted by Crippen LogP contribution is 2.35. The Labute approximate surface area is 165 Å². The molecule has 0 radical (unpaired) electrons. The van der Waals surface area contributed by atoms with Crippen molar-refractivity contribution in [3.8, 4) is 0 Å². The number of carbonyl (C=O) groups is 2. The van der Waals surface area contributed by atoms with E-state index >= 15 is 0 Å². The van der Waals surface area contributed by atoms with E-state index < -0.39 is 0 Å². The van der Waals surface area contributed by atoms with Crippen LogP contribution in [0.4, 0.5) is 0 Å². The highest BCUT2D eigenvalue weighted by atomic mass is 32.1. The zero-order valence-corrected chi connectivity index (χ0v) is 16.9. The molecule has 27 heavy (non-hydrogen) atoms. The number of thiophene rings is 1. The topological polar surface area (TPSA) is 40.6 Å². The number of benzene rings is 1. The van der Waals surface area contributed by atoms with E-state index in [1.807, 2.05) is 15.9 Å². The van der Waals surface area contributed by atoms with Crippen molar-refractivity contribution in [1.82, 2.24) is 9.80 Å². The van der Waals surface area contributed by atoms with Crippen LogP contribution in [0.15, 0.2) is 24.3 Å². The molecule has 1 atom stereocenters. The maximum Gasteiger partial charge on any atom is 0.264 e. The predicted molar refractivity (Wildman–Crippen MR) is 110 cm³/mol. The fourth-order valence-corrected chi connectivity index (χ4v) is 5.78. The third-order valence-electron chi connectivity index (χ3n) is 6.01. The van der Waals surface area contributed by atoms with Crippen molar-refractivity contribution >= 4 is 33.2 Å². The number of carbonyl (C=O) groups excluding carboxylic acids is 2. The summed E-state index contributed by atoms with van der Waals surface area (Å²) >= 11 is 1.63. The van der Waals surface area contributed by atoms with Crippen LogP contribution in [0.5, 0.6) is 0 Å². The molecule has 4 rings (SSSR count). The summed E-state index contributed by atoms with van der Waals surface area (Å²) in [6.45, 7) is 4.27. The van der Waals surface area contributed by atoms with E-state index in [4.69, 9.17) is 0 Å². The maximum absolute atomic E-state index is 13.2. The molecule has 0 saturated carbocycles. The molecule has 0 unspecified atom stereocenters. The van der Waals surface area contributed by atoms with Gasteiger partial charge in [-0.2, -0.15) is 0 Å². The zero-order valence-electron chi connectivity index (χ0n) is 16.1. The molecule has 2 aliphatic rings. The Morgan fingerprint density at radius 1 is 1.04 bits per heavy atom. The number of amides is 2. The molecule has 0 bridgehead atoms. The van der Waals surface area contributed by atoms with Crippen LogP contribution in [0, 0.1) is 0 Å². The molecule has 2 amide bonds. The smallest absolute Gasteiger partial charge is 0.264 e. The van der Waals surface area contributed by atoms with E-state index in [9.17, 15) is 9.59 Å². The van der Waals surface area contributed by atoms with Crippen molar-refractivity contribution in [2.75, 3.05) is 19.6 Å². The molecule has 144 valence electrons. The van der Waals surface area contributed by atoms with E-state index in [0.717, 1.165) is 68.6 Å². The molecule has 2 aromatic rings. The predicted octanol–water partition coefficient (Wildman–Crippen LogP) is 4.47. The van der Waals surface area contributed by atoms with Crippen molar-refractivity contribution in [2.24, 2.45) is 0 Å². The first kappa shape index (κ1) is 18.5. The molecule has 0 N–H and O–H groups in total. The lowest BCUT2D eigenvalue weighted by Crippen LogP contribution is -2.40. The second-order valence-electron chi connectivity index (χ2n) is 7.82. The molecule has 1 aromatic heterocycles. The van der Waals surface area contributed by atoms with Crippen molar-refractivity contribution in [1.29, 1.82) is 0 Å². The Balaban J connectivity index is 1.71. The Hall–Kier alpha value is -1.88. The first-order valence-corrected chi connectivity index (χ1v) is 11.0. The minimum absolute atomic E-state index is 0.161. The fourth-order valence-electron chi connectivity index (χ4n) is 4.58. The molecule has 4 nitrogen and oxygen atoms in total. The summed E-state index contributed by atoms with van der Waals surface area (Å²) < 4.78 is 1.18. The number of fused-ring (bicyclic) bond motifs is 1. The van der Waals surface area contributed by atoms with Gasteiger partial charge in [-0.3, -0.25) is 9.59 Å². The van der Waals surface area contributed by atoms with E-state index in [1.165, 1.54) is 16.5 Å². The van der Waals surface area contributed by atoms with Crippen molar-refractivity contribution < 1.29 is 9.59 Å². The van der Waals surface area contributed by atoms with Gasteiger partial charge in [0.1, 0.15) is 0 Å². The van der Waals surface area contributed by atoms with Crippen LogP contribution in [-0.2, 0) is 11.2 Å². The maximum atomic E-state index is 13.2. The van der Waals surface area contributed by atoms with Gasteiger partial charge in [0, 0.05) is 37.3 Å². The highest BCUT2D eigenvalue weighted by molar-refractivity contribution is 7.21. The molecule has 1 aromatic carbocycles. The normalized spacial score (nSPS) is 20.9. The Morgan fingerprint density at radius 2 is 1.78 bits per heavy atom. The molecular weight excluding hydrogens is 356 g/mol.